The predicted molar refractivity (Wildman–Crippen MR) is 58.4 cm³/mol. The molecule has 1 aliphatic heterocycles. The number of fused-ring (bicyclic) bond motifs is 1. The Morgan fingerprint density at radius 1 is 1.33 bits per heavy atom. The molecule has 1 heterocycles. The quantitative estimate of drug-likeness (QED) is 0.811. The van der Waals surface area contributed by atoms with Crippen LogP contribution in [0, 0.1) is 0 Å². The third-order valence-electron chi connectivity index (χ3n) is 2.15. The highest BCUT2D eigenvalue weighted by Gasteiger charge is 2.14. The molecule has 5 heteroatoms. The molecule has 1 aromatic carbocycles. The van der Waals surface area contributed by atoms with Gasteiger partial charge in [-0.1, -0.05) is 0 Å². The lowest BCUT2D eigenvalue weighted by atomic mass is 10.2. The lowest BCUT2D eigenvalue weighted by molar-refractivity contribution is 0.161. The van der Waals surface area contributed by atoms with Gasteiger partial charge in [-0.2, -0.15) is 0 Å². The van der Waals surface area contributed by atoms with Crippen molar-refractivity contribution in [3.05, 3.63) is 22.2 Å². The highest BCUT2D eigenvalue weighted by Crippen LogP contribution is 2.38. The van der Waals surface area contributed by atoms with Crippen LogP contribution in [0.2, 0.25) is 0 Å². The number of rotatable bonds is 2. The number of ether oxygens (including phenoxy) is 2. The molecule has 2 N–H and O–H groups in total. The van der Waals surface area contributed by atoms with Gasteiger partial charge in [0, 0.05) is 13.0 Å². The molecule has 4 nitrogen and oxygen atoms in total. The number of nitrogens with one attached hydrogen (secondary N) is 1. The minimum Gasteiger partial charge on any atom is -0.490 e. The zero-order valence-electron chi connectivity index (χ0n) is 8.12. The minimum atomic E-state index is 0.384. The monoisotopic (exact) mass is 273 g/mol. The molecular weight excluding hydrogens is 262 g/mol. The van der Waals surface area contributed by atoms with Crippen molar-refractivity contribution < 1.29 is 14.7 Å². The summed E-state index contributed by atoms with van der Waals surface area (Å²) in [6.07, 6.45) is 0.884. The van der Waals surface area contributed by atoms with Crippen molar-refractivity contribution in [2.45, 2.75) is 13.0 Å². The molecule has 0 spiro atoms. The fourth-order valence-electron chi connectivity index (χ4n) is 1.48. The van der Waals surface area contributed by atoms with E-state index in [1.54, 1.807) is 0 Å². The van der Waals surface area contributed by atoms with Crippen LogP contribution >= 0.6 is 15.9 Å². The maximum absolute atomic E-state index is 8.63. The van der Waals surface area contributed by atoms with Crippen molar-refractivity contribution in [1.29, 1.82) is 0 Å². The van der Waals surface area contributed by atoms with Crippen molar-refractivity contribution in [2.75, 3.05) is 13.2 Å². The Balaban J connectivity index is 2.35. The number of halogens is 1. The summed E-state index contributed by atoms with van der Waals surface area (Å²) in [4.78, 5) is 0. The Morgan fingerprint density at radius 3 is 2.93 bits per heavy atom. The van der Waals surface area contributed by atoms with Crippen molar-refractivity contribution in [3.63, 3.8) is 0 Å². The van der Waals surface area contributed by atoms with Gasteiger partial charge in [0.05, 0.1) is 17.7 Å². The summed E-state index contributed by atoms with van der Waals surface area (Å²) in [5.74, 6) is 1.47. The van der Waals surface area contributed by atoms with Gasteiger partial charge < -0.3 is 14.7 Å². The summed E-state index contributed by atoms with van der Waals surface area (Å²) < 4.78 is 12.0. The number of hydrogen-bond donors (Lipinski definition) is 2. The first-order chi connectivity index (χ1) is 7.31. The first-order valence-electron chi connectivity index (χ1n) is 4.76. The SMILES string of the molecule is ONCc1cc(Br)c2c(c1)OCCCO2. The minimum absolute atomic E-state index is 0.384. The molecule has 0 aromatic heterocycles. The lowest BCUT2D eigenvalue weighted by Crippen LogP contribution is -2.06. The van der Waals surface area contributed by atoms with E-state index >= 15 is 0 Å². The van der Waals surface area contributed by atoms with E-state index in [1.165, 1.54) is 0 Å². The first-order valence-corrected chi connectivity index (χ1v) is 5.55. The molecule has 1 aromatic rings. The summed E-state index contributed by atoms with van der Waals surface area (Å²) in [5, 5.41) is 8.63. The van der Waals surface area contributed by atoms with Crippen molar-refractivity contribution in [2.24, 2.45) is 0 Å². The average molecular weight is 274 g/mol. The van der Waals surface area contributed by atoms with Crippen molar-refractivity contribution in [1.82, 2.24) is 5.48 Å². The summed E-state index contributed by atoms with van der Waals surface area (Å²) in [6, 6.07) is 3.77. The van der Waals surface area contributed by atoms with E-state index in [0.717, 1.165) is 28.0 Å². The van der Waals surface area contributed by atoms with Crippen LogP contribution in [-0.2, 0) is 6.54 Å². The smallest absolute Gasteiger partial charge is 0.175 e. The normalized spacial score (nSPS) is 14.8. The van der Waals surface area contributed by atoms with Crippen LogP contribution in [0.1, 0.15) is 12.0 Å². The molecule has 0 unspecified atom stereocenters. The molecule has 0 saturated carbocycles. The van der Waals surface area contributed by atoms with E-state index in [-0.39, 0.29) is 0 Å². The van der Waals surface area contributed by atoms with Gasteiger partial charge in [0.2, 0.25) is 0 Å². The van der Waals surface area contributed by atoms with Crippen molar-refractivity contribution in [3.8, 4) is 11.5 Å². The molecule has 1 aliphatic rings. The Kier molecular flexibility index (Phi) is 3.45. The number of hydroxylamine groups is 1. The molecule has 2 rings (SSSR count). The Bertz CT molecular complexity index is 357. The standard InChI is InChI=1S/C10H12BrNO3/c11-8-4-7(6-12-13)5-9-10(8)15-3-1-2-14-9/h4-5,12-13H,1-3,6H2. The van der Waals surface area contributed by atoms with E-state index in [9.17, 15) is 0 Å². The summed E-state index contributed by atoms with van der Waals surface area (Å²) in [6.45, 7) is 1.72. The molecule has 0 atom stereocenters. The Labute approximate surface area is 96.3 Å². The fourth-order valence-corrected chi connectivity index (χ4v) is 2.08. The van der Waals surface area contributed by atoms with Gasteiger partial charge in [0.25, 0.3) is 0 Å². The molecule has 0 aliphatic carbocycles. The summed E-state index contributed by atoms with van der Waals surface area (Å²) >= 11 is 3.42. The molecule has 0 amide bonds. The zero-order chi connectivity index (χ0) is 10.7. The predicted octanol–water partition coefficient (Wildman–Crippen LogP) is 2.09. The van der Waals surface area contributed by atoms with Crippen LogP contribution in [0.15, 0.2) is 16.6 Å². The van der Waals surface area contributed by atoms with Crippen molar-refractivity contribution >= 4 is 15.9 Å². The van der Waals surface area contributed by atoms with E-state index in [1.807, 2.05) is 12.1 Å². The third kappa shape index (κ3) is 2.42. The summed E-state index contributed by atoms with van der Waals surface area (Å²) in [7, 11) is 0. The van der Waals surface area contributed by atoms with Crippen LogP contribution < -0.4 is 15.0 Å². The highest BCUT2D eigenvalue weighted by molar-refractivity contribution is 9.10. The Morgan fingerprint density at radius 2 is 2.13 bits per heavy atom. The molecule has 0 radical (unpaired) electrons. The topological polar surface area (TPSA) is 50.7 Å². The van der Waals surface area contributed by atoms with Gasteiger partial charge in [-0.3, -0.25) is 0 Å². The average Bonchev–Trinajstić information content (AvgIpc) is 2.43. The van der Waals surface area contributed by atoms with Crippen LogP contribution in [0.5, 0.6) is 11.5 Å². The molecule has 0 saturated heterocycles. The highest BCUT2D eigenvalue weighted by atomic mass is 79.9. The molecule has 82 valence electrons. The van der Waals surface area contributed by atoms with E-state index in [2.05, 4.69) is 21.4 Å². The molecule has 0 bridgehead atoms. The largest absolute Gasteiger partial charge is 0.490 e. The van der Waals surface area contributed by atoms with Gasteiger partial charge in [-0.05, 0) is 33.6 Å². The summed E-state index contributed by atoms with van der Waals surface area (Å²) in [5.41, 5.74) is 3.05. The maximum atomic E-state index is 8.63. The second kappa shape index (κ2) is 4.83. The second-order valence-electron chi connectivity index (χ2n) is 3.29. The van der Waals surface area contributed by atoms with Gasteiger partial charge >= 0.3 is 0 Å². The van der Waals surface area contributed by atoms with Crippen LogP contribution in [0.25, 0.3) is 0 Å². The van der Waals surface area contributed by atoms with Gasteiger partial charge in [-0.25, -0.2) is 5.48 Å². The van der Waals surface area contributed by atoms with Crippen LogP contribution in [0.4, 0.5) is 0 Å². The third-order valence-corrected chi connectivity index (χ3v) is 2.73. The van der Waals surface area contributed by atoms with Gasteiger partial charge in [0.15, 0.2) is 11.5 Å². The molecule has 0 fully saturated rings. The maximum Gasteiger partial charge on any atom is 0.175 e. The van der Waals surface area contributed by atoms with Crippen LogP contribution in [-0.4, -0.2) is 18.4 Å². The zero-order valence-corrected chi connectivity index (χ0v) is 9.71. The number of benzene rings is 1. The lowest BCUT2D eigenvalue weighted by Gasteiger charge is -2.11. The van der Waals surface area contributed by atoms with E-state index in [0.29, 0.717) is 19.8 Å². The Hall–Kier alpha value is -0.780. The fraction of sp³-hybridized carbons (Fsp3) is 0.400. The number of hydrogen-bond acceptors (Lipinski definition) is 4. The van der Waals surface area contributed by atoms with E-state index < -0.39 is 0 Å². The van der Waals surface area contributed by atoms with Gasteiger partial charge in [-0.15, -0.1) is 0 Å². The van der Waals surface area contributed by atoms with Crippen LogP contribution in [0.3, 0.4) is 0 Å². The molecular formula is C10H12BrNO3. The van der Waals surface area contributed by atoms with Gasteiger partial charge in [0.1, 0.15) is 0 Å². The second-order valence-corrected chi connectivity index (χ2v) is 4.14. The van der Waals surface area contributed by atoms with E-state index in [4.69, 9.17) is 14.7 Å². The molecule has 15 heavy (non-hydrogen) atoms. The first kappa shape index (κ1) is 10.7.